The van der Waals surface area contributed by atoms with E-state index in [0.717, 1.165) is 12.1 Å². The number of benzene rings is 1. The Morgan fingerprint density at radius 2 is 2.05 bits per heavy atom. The fourth-order valence-corrected chi connectivity index (χ4v) is 2.37. The van der Waals surface area contributed by atoms with Gasteiger partial charge in [0.2, 0.25) is 5.88 Å². The number of nitrogens with zero attached hydrogens (tertiary/aromatic N) is 2. The molecule has 0 unspecified atom stereocenters. The number of aromatic nitrogens is 2. The molecule has 20 heavy (non-hydrogen) atoms. The van der Waals surface area contributed by atoms with Crippen molar-refractivity contribution in [2.24, 2.45) is 0 Å². The smallest absolute Gasteiger partial charge is 0.222 e. The van der Waals surface area contributed by atoms with Crippen molar-refractivity contribution in [1.29, 1.82) is 0 Å². The molecule has 1 fully saturated rings. The second-order valence-electron chi connectivity index (χ2n) is 5.14. The Bertz CT molecular complexity index is 641. The Morgan fingerprint density at radius 3 is 2.70 bits per heavy atom. The van der Waals surface area contributed by atoms with E-state index in [4.69, 9.17) is 5.11 Å². The van der Waals surface area contributed by atoms with Crippen molar-refractivity contribution in [1.82, 2.24) is 9.97 Å². The number of nitrogens with one attached hydrogen (secondary N) is 1. The molecule has 0 atom stereocenters. The molecule has 1 aromatic carbocycles. The van der Waals surface area contributed by atoms with Crippen LogP contribution >= 0.6 is 0 Å². The molecular formula is C14H17N3O3. The van der Waals surface area contributed by atoms with Gasteiger partial charge in [-0.25, -0.2) is 4.98 Å². The number of rotatable bonds is 4. The second-order valence-corrected chi connectivity index (χ2v) is 5.14. The van der Waals surface area contributed by atoms with Gasteiger partial charge in [-0.3, -0.25) is 0 Å². The van der Waals surface area contributed by atoms with Crippen molar-refractivity contribution in [3.8, 4) is 5.88 Å². The second kappa shape index (κ2) is 4.88. The van der Waals surface area contributed by atoms with Crippen LogP contribution in [-0.4, -0.2) is 38.4 Å². The third-order valence-electron chi connectivity index (χ3n) is 3.71. The van der Waals surface area contributed by atoms with Crippen LogP contribution in [0.15, 0.2) is 18.2 Å². The molecular weight excluding hydrogens is 258 g/mol. The SMILES string of the molecule is OCCNc1ccc2nc(C3(O)CCC3)nc(O)c2c1. The zero-order valence-corrected chi connectivity index (χ0v) is 11.0. The number of anilines is 1. The Balaban J connectivity index is 2.00. The first-order chi connectivity index (χ1) is 9.62. The van der Waals surface area contributed by atoms with Gasteiger partial charge in [-0.15, -0.1) is 0 Å². The summed E-state index contributed by atoms with van der Waals surface area (Å²) in [7, 11) is 0. The molecule has 0 saturated heterocycles. The van der Waals surface area contributed by atoms with E-state index in [9.17, 15) is 10.2 Å². The predicted octanol–water partition coefficient (Wildman–Crippen LogP) is 1.11. The van der Waals surface area contributed by atoms with Gasteiger partial charge in [0.25, 0.3) is 0 Å². The standard InChI is InChI=1S/C14H17N3O3/c18-7-6-15-9-2-3-11-10(8-9)12(19)17-13(16-11)14(20)4-1-5-14/h2-3,8,15,18,20H,1,4-7H2,(H,16,17,19). The van der Waals surface area contributed by atoms with E-state index in [0.29, 0.717) is 36.1 Å². The molecule has 1 aliphatic carbocycles. The normalized spacial score (nSPS) is 16.9. The minimum atomic E-state index is -0.987. The summed E-state index contributed by atoms with van der Waals surface area (Å²) in [6.07, 6.45) is 2.21. The highest BCUT2D eigenvalue weighted by Crippen LogP contribution is 2.40. The first-order valence-corrected chi connectivity index (χ1v) is 6.71. The zero-order valence-electron chi connectivity index (χ0n) is 11.0. The number of aliphatic hydroxyl groups is 2. The van der Waals surface area contributed by atoms with E-state index in [2.05, 4.69) is 15.3 Å². The van der Waals surface area contributed by atoms with Crippen LogP contribution in [0.5, 0.6) is 5.88 Å². The zero-order chi connectivity index (χ0) is 14.2. The van der Waals surface area contributed by atoms with Crippen molar-refractivity contribution < 1.29 is 15.3 Å². The lowest BCUT2D eigenvalue weighted by Crippen LogP contribution is -2.35. The summed E-state index contributed by atoms with van der Waals surface area (Å²) in [5, 5.41) is 32.6. The van der Waals surface area contributed by atoms with Gasteiger partial charge in [0, 0.05) is 12.2 Å². The van der Waals surface area contributed by atoms with Crippen molar-refractivity contribution in [2.75, 3.05) is 18.5 Å². The topological polar surface area (TPSA) is 98.5 Å². The lowest BCUT2D eigenvalue weighted by molar-refractivity contribution is -0.0468. The van der Waals surface area contributed by atoms with Gasteiger partial charge in [0.1, 0.15) is 5.60 Å². The van der Waals surface area contributed by atoms with Crippen LogP contribution in [0.4, 0.5) is 5.69 Å². The summed E-state index contributed by atoms with van der Waals surface area (Å²) in [5.41, 5.74) is 0.391. The van der Waals surface area contributed by atoms with Gasteiger partial charge in [-0.05, 0) is 37.5 Å². The van der Waals surface area contributed by atoms with Crippen molar-refractivity contribution >= 4 is 16.6 Å². The highest BCUT2D eigenvalue weighted by atomic mass is 16.3. The molecule has 1 heterocycles. The largest absolute Gasteiger partial charge is 0.493 e. The Kier molecular flexibility index (Phi) is 3.19. The molecule has 4 N–H and O–H groups in total. The molecule has 0 aliphatic heterocycles. The van der Waals surface area contributed by atoms with E-state index < -0.39 is 5.60 Å². The average Bonchev–Trinajstić information content (AvgIpc) is 2.42. The van der Waals surface area contributed by atoms with Crippen molar-refractivity contribution in [3.05, 3.63) is 24.0 Å². The third kappa shape index (κ3) is 2.17. The summed E-state index contributed by atoms with van der Waals surface area (Å²) >= 11 is 0. The summed E-state index contributed by atoms with van der Waals surface area (Å²) in [6, 6.07) is 5.32. The summed E-state index contributed by atoms with van der Waals surface area (Å²) in [4.78, 5) is 8.39. The van der Waals surface area contributed by atoms with E-state index in [1.165, 1.54) is 0 Å². The van der Waals surface area contributed by atoms with E-state index >= 15 is 0 Å². The van der Waals surface area contributed by atoms with Crippen LogP contribution in [0.25, 0.3) is 10.9 Å². The maximum atomic E-state index is 10.3. The van der Waals surface area contributed by atoms with Gasteiger partial charge < -0.3 is 20.6 Å². The van der Waals surface area contributed by atoms with Gasteiger partial charge >= 0.3 is 0 Å². The van der Waals surface area contributed by atoms with Crippen molar-refractivity contribution in [3.63, 3.8) is 0 Å². The predicted molar refractivity (Wildman–Crippen MR) is 74.5 cm³/mol. The molecule has 2 aromatic rings. The summed E-state index contributed by atoms with van der Waals surface area (Å²) in [6.45, 7) is 0.470. The molecule has 0 amide bonds. The van der Waals surface area contributed by atoms with Crippen LogP contribution in [0.3, 0.4) is 0 Å². The summed E-state index contributed by atoms with van der Waals surface area (Å²) < 4.78 is 0. The van der Waals surface area contributed by atoms with Gasteiger partial charge in [-0.2, -0.15) is 4.98 Å². The fourth-order valence-electron chi connectivity index (χ4n) is 2.37. The molecule has 6 heteroatoms. The van der Waals surface area contributed by atoms with E-state index in [1.807, 2.05) is 6.07 Å². The van der Waals surface area contributed by atoms with Gasteiger partial charge in [0.05, 0.1) is 17.5 Å². The number of hydrogen-bond acceptors (Lipinski definition) is 6. The molecule has 3 rings (SSSR count). The maximum absolute atomic E-state index is 10.3. The van der Waals surface area contributed by atoms with E-state index in [-0.39, 0.29) is 12.5 Å². The average molecular weight is 275 g/mol. The Hall–Kier alpha value is -1.92. The quantitative estimate of drug-likeness (QED) is 0.667. The number of aromatic hydroxyl groups is 1. The van der Waals surface area contributed by atoms with Crippen LogP contribution in [0, 0.1) is 0 Å². The molecule has 0 bridgehead atoms. The highest BCUT2D eigenvalue weighted by Gasteiger charge is 2.39. The van der Waals surface area contributed by atoms with Crippen LogP contribution < -0.4 is 5.32 Å². The first-order valence-electron chi connectivity index (χ1n) is 6.71. The minimum Gasteiger partial charge on any atom is -0.493 e. The highest BCUT2D eigenvalue weighted by molar-refractivity contribution is 5.86. The summed E-state index contributed by atoms with van der Waals surface area (Å²) in [5.74, 6) is 0.169. The third-order valence-corrected chi connectivity index (χ3v) is 3.71. The van der Waals surface area contributed by atoms with Crippen LogP contribution in [0.1, 0.15) is 25.1 Å². The van der Waals surface area contributed by atoms with E-state index in [1.54, 1.807) is 12.1 Å². The minimum absolute atomic E-state index is 0.0342. The maximum Gasteiger partial charge on any atom is 0.222 e. The Morgan fingerprint density at radius 1 is 1.25 bits per heavy atom. The van der Waals surface area contributed by atoms with Crippen molar-refractivity contribution in [2.45, 2.75) is 24.9 Å². The number of aliphatic hydroxyl groups excluding tert-OH is 1. The number of fused-ring (bicyclic) bond motifs is 1. The molecule has 0 spiro atoms. The molecule has 106 valence electrons. The van der Waals surface area contributed by atoms with Crippen LogP contribution in [0.2, 0.25) is 0 Å². The first kappa shape index (κ1) is 13.1. The molecule has 0 radical (unpaired) electrons. The number of hydrogen-bond donors (Lipinski definition) is 4. The van der Waals surface area contributed by atoms with Gasteiger partial charge in [0.15, 0.2) is 5.82 Å². The lowest BCUT2D eigenvalue weighted by Gasteiger charge is -2.34. The molecule has 1 aliphatic rings. The lowest BCUT2D eigenvalue weighted by atomic mass is 9.79. The monoisotopic (exact) mass is 275 g/mol. The molecule has 1 saturated carbocycles. The van der Waals surface area contributed by atoms with Gasteiger partial charge in [-0.1, -0.05) is 0 Å². The van der Waals surface area contributed by atoms with Crippen LogP contribution in [-0.2, 0) is 5.60 Å². The fraction of sp³-hybridized carbons (Fsp3) is 0.429. The molecule has 6 nitrogen and oxygen atoms in total. The Labute approximate surface area is 116 Å². The molecule has 1 aromatic heterocycles.